The molecule has 1 aromatic carbocycles. The Balaban J connectivity index is 2.14. The molecule has 2 aliphatic heterocycles. The van der Waals surface area contributed by atoms with Crippen LogP contribution in [0.25, 0.3) is 5.57 Å². The number of hydrogen-bond donors (Lipinski definition) is 1. The second-order valence-electron chi connectivity index (χ2n) is 5.08. The van der Waals surface area contributed by atoms with E-state index in [0.29, 0.717) is 12.8 Å². The average molecular weight is 243 g/mol. The van der Waals surface area contributed by atoms with E-state index in [-0.39, 0.29) is 17.1 Å². The fraction of sp³-hybridized carbons (Fsp3) is 0.286. The van der Waals surface area contributed by atoms with Gasteiger partial charge in [-0.3, -0.25) is 9.69 Å². The van der Waals surface area contributed by atoms with Crippen LogP contribution in [0.1, 0.15) is 25.3 Å². The highest BCUT2D eigenvalue weighted by Crippen LogP contribution is 2.50. The second kappa shape index (κ2) is 3.45. The highest BCUT2D eigenvalue weighted by molar-refractivity contribution is 6.06. The van der Waals surface area contributed by atoms with E-state index in [9.17, 15) is 14.7 Å². The number of hydrogen-bond acceptors (Lipinski definition) is 2. The standard InChI is InChI=1S/C14H13NO3/c1-14-7-10(9-5-3-2-4-6-9)12(13(17)18)15(14)11(16)8-14/h2-6H,7-8H2,1H3,(H,17,18)/t14-/m1/s1. The third-order valence-corrected chi connectivity index (χ3v) is 3.71. The first-order chi connectivity index (χ1) is 8.53. The quantitative estimate of drug-likeness (QED) is 0.807. The Morgan fingerprint density at radius 2 is 1.94 bits per heavy atom. The molecule has 0 spiro atoms. The normalized spacial score (nSPS) is 26.1. The molecule has 0 aliphatic carbocycles. The Bertz CT molecular complexity index is 576. The summed E-state index contributed by atoms with van der Waals surface area (Å²) in [5.74, 6) is -1.12. The van der Waals surface area contributed by atoms with Gasteiger partial charge in [0.05, 0.1) is 12.0 Å². The third kappa shape index (κ3) is 1.32. The molecule has 3 rings (SSSR count). The monoisotopic (exact) mass is 243 g/mol. The van der Waals surface area contributed by atoms with Gasteiger partial charge in [-0.05, 0) is 24.5 Å². The van der Waals surface area contributed by atoms with Crippen molar-refractivity contribution >= 4 is 17.4 Å². The van der Waals surface area contributed by atoms with Gasteiger partial charge in [0.1, 0.15) is 5.70 Å². The lowest BCUT2D eigenvalue weighted by atomic mass is 9.84. The number of carbonyl (C=O) groups excluding carboxylic acids is 1. The Labute approximate surface area is 105 Å². The van der Waals surface area contributed by atoms with Crippen molar-refractivity contribution in [3.63, 3.8) is 0 Å². The predicted molar refractivity (Wildman–Crippen MR) is 65.5 cm³/mol. The maximum absolute atomic E-state index is 11.6. The first kappa shape index (κ1) is 11.0. The molecule has 0 saturated carbocycles. The summed E-state index contributed by atoms with van der Waals surface area (Å²) in [5.41, 5.74) is 1.46. The van der Waals surface area contributed by atoms with Gasteiger partial charge in [0.2, 0.25) is 5.91 Å². The van der Waals surface area contributed by atoms with E-state index < -0.39 is 5.97 Å². The van der Waals surface area contributed by atoms with Crippen LogP contribution in [0.5, 0.6) is 0 Å². The molecule has 4 heteroatoms. The van der Waals surface area contributed by atoms with Crippen molar-refractivity contribution in [2.75, 3.05) is 0 Å². The molecule has 0 aromatic heterocycles. The second-order valence-corrected chi connectivity index (χ2v) is 5.08. The Kier molecular flexibility index (Phi) is 2.11. The first-order valence-corrected chi connectivity index (χ1v) is 5.88. The number of β-lactam (4-membered cyclic amide) rings is 1. The van der Waals surface area contributed by atoms with Gasteiger partial charge in [-0.1, -0.05) is 30.3 Å². The number of rotatable bonds is 2. The van der Waals surface area contributed by atoms with Crippen molar-refractivity contribution in [2.45, 2.75) is 25.3 Å². The maximum Gasteiger partial charge on any atom is 0.352 e. The average Bonchev–Trinajstić information content (AvgIpc) is 2.58. The van der Waals surface area contributed by atoms with Crippen molar-refractivity contribution in [1.29, 1.82) is 0 Å². The van der Waals surface area contributed by atoms with Crippen molar-refractivity contribution in [1.82, 2.24) is 4.90 Å². The van der Waals surface area contributed by atoms with E-state index in [1.165, 1.54) is 4.90 Å². The molecule has 1 aromatic rings. The highest BCUT2D eigenvalue weighted by Gasteiger charge is 2.56. The summed E-state index contributed by atoms with van der Waals surface area (Å²) in [7, 11) is 0. The Morgan fingerprint density at radius 1 is 1.28 bits per heavy atom. The van der Waals surface area contributed by atoms with E-state index in [0.717, 1.165) is 11.1 Å². The van der Waals surface area contributed by atoms with Crippen LogP contribution in [0.2, 0.25) is 0 Å². The number of carbonyl (C=O) groups is 2. The maximum atomic E-state index is 11.6. The van der Waals surface area contributed by atoms with Crippen LogP contribution in [0.3, 0.4) is 0 Å². The van der Waals surface area contributed by atoms with Gasteiger partial charge in [-0.25, -0.2) is 4.79 Å². The van der Waals surface area contributed by atoms with E-state index in [1.807, 2.05) is 37.3 Å². The largest absolute Gasteiger partial charge is 0.477 e. The molecule has 1 N–H and O–H groups in total. The molecule has 92 valence electrons. The van der Waals surface area contributed by atoms with Crippen molar-refractivity contribution < 1.29 is 14.7 Å². The molecule has 2 heterocycles. The van der Waals surface area contributed by atoms with Crippen LogP contribution in [0, 0.1) is 0 Å². The van der Waals surface area contributed by atoms with Gasteiger partial charge >= 0.3 is 5.97 Å². The molecular weight excluding hydrogens is 230 g/mol. The van der Waals surface area contributed by atoms with Crippen LogP contribution >= 0.6 is 0 Å². The van der Waals surface area contributed by atoms with Crippen molar-refractivity contribution in [3.05, 3.63) is 41.6 Å². The lowest BCUT2D eigenvalue weighted by molar-refractivity contribution is -0.153. The van der Waals surface area contributed by atoms with Gasteiger partial charge < -0.3 is 5.11 Å². The molecule has 1 saturated heterocycles. The Hall–Kier alpha value is -2.10. The van der Waals surface area contributed by atoms with E-state index in [1.54, 1.807) is 0 Å². The van der Waals surface area contributed by atoms with Gasteiger partial charge in [-0.15, -0.1) is 0 Å². The molecule has 1 fully saturated rings. The van der Waals surface area contributed by atoms with Crippen LogP contribution in [0.4, 0.5) is 0 Å². The fourth-order valence-electron chi connectivity index (χ4n) is 2.93. The van der Waals surface area contributed by atoms with Crippen LogP contribution in [0.15, 0.2) is 36.0 Å². The van der Waals surface area contributed by atoms with E-state index in [2.05, 4.69) is 0 Å². The van der Waals surface area contributed by atoms with Gasteiger partial charge in [0.25, 0.3) is 0 Å². The van der Waals surface area contributed by atoms with E-state index in [4.69, 9.17) is 0 Å². The highest BCUT2D eigenvalue weighted by atomic mass is 16.4. The summed E-state index contributed by atoms with van der Waals surface area (Å²) in [6.07, 6.45) is 1.05. The fourth-order valence-corrected chi connectivity index (χ4v) is 2.93. The van der Waals surface area contributed by atoms with Gasteiger partial charge in [-0.2, -0.15) is 0 Å². The smallest absolute Gasteiger partial charge is 0.352 e. The van der Waals surface area contributed by atoms with Crippen LogP contribution in [-0.2, 0) is 9.59 Å². The van der Waals surface area contributed by atoms with Gasteiger partial charge in [0.15, 0.2) is 0 Å². The molecule has 0 bridgehead atoms. The molecular formula is C14H13NO3. The number of amides is 1. The SMILES string of the molecule is C[C@@]12CC(=O)N1C(C(=O)O)=C(c1ccccc1)C2. The minimum absolute atomic E-state index is 0.0965. The lowest BCUT2D eigenvalue weighted by Crippen LogP contribution is -2.58. The zero-order valence-corrected chi connectivity index (χ0v) is 10.0. The minimum Gasteiger partial charge on any atom is -0.477 e. The zero-order valence-electron chi connectivity index (χ0n) is 10.0. The summed E-state index contributed by atoms with van der Waals surface area (Å²) in [6.45, 7) is 1.94. The molecule has 18 heavy (non-hydrogen) atoms. The van der Waals surface area contributed by atoms with E-state index >= 15 is 0 Å². The predicted octanol–water partition coefficient (Wildman–Crippen LogP) is 1.88. The number of carboxylic acids is 1. The first-order valence-electron chi connectivity index (χ1n) is 5.88. The summed E-state index contributed by atoms with van der Waals surface area (Å²) >= 11 is 0. The molecule has 0 radical (unpaired) electrons. The minimum atomic E-state index is -1.02. The number of nitrogens with zero attached hydrogens (tertiary/aromatic N) is 1. The van der Waals surface area contributed by atoms with Crippen molar-refractivity contribution in [3.8, 4) is 0 Å². The molecule has 0 unspecified atom stereocenters. The lowest BCUT2D eigenvalue weighted by Gasteiger charge is -2.45. The molecule has 1 atom stereocenters. The summed E-state index contributed by atoms with van der Waals surface area (Å²) in [6, 6.07) is 9.42. The number of aliphatic carboxylic acids is 1. The van der Waals surface area contributed by atoms with Crippen molar-refractivity contribution in [2.24, 2.45) is 0 Å². The number of fused-ring (bicyclic) bond motifs is 1. The Morgan fingerprint density at radius 3 is 2.50 bits per heavy atom. The molecule has 1 amide bonds. The zero-order chi connectivity index (χ0) is 12.9. The number of benzene rings is 1. The summed E-state index contributed by atoms with van der Waals surface area (Å²) in [4.78, 5) is 24.5. The third-order valence-electron chi connectivity index (χ3n) is 3.71. The van der Waals surface area contributed by atoms with Crippen LogP contribution in [-0.4, -0.2) is 27.4 Å². The topological polar surface area (TPSA) is 57.6 Å². The number of carboxylic acid groups (broad SMARTS) is 1. The molecule has 2 aliphatic rings. The molecule has 4 nitrogen and oxygen atoms in total. The van der Waals surface area contributed by atoms with Gasteiger partial charge in [0, 0.05) is 0 Å². The summed E-state index contributed by atoms with van der Waals surface area (Å²) < 4.78 is 0. The van der Waals surface area contributed by atoms with Crippen LogP contribution < -0.4 is 0 Å². The summed E-state index contributed by atoms with van der Waals surface area (Å²) in [5, 5.41) is 9.35.